The summed E-state index contributed by atoms with van der Waals surface area (Å²) in [5.41, 5.74) is 5.84. The Morgan fingerprint density at radius 1 is 1.15 bits per heavy atom. The maximum Gasteiger partial charge on any atom is 0.348 e. The van der Waals surface area contributed by atoms with Gasteiger partial charge in [0.1, 0.15) is 22.0 Å². The highest BCUT2D eigenvalue weighted by atomic mass is 32.1. The van der Waals surface area contributed by atoms with E-state index in [1.807, 2.05) is 0 Å². The van der Waals surface area contributed by atoms with Crippen molar-refractivity contribution in [3.05, 3.63) is 50.4 Å². The number of rotatable bonds is 8. The first-order chi connectivity index (χ1) is 12.9. The predicted molar refractivity (Wildman–Crippen MR) is 98.1 cm³/mol. The van der Waals surface area contributed by atoms with Gasteiger partial charge < -0.3 is 19.9 Å². The Morgan fingerprint density at radius 2 is 1.78 bits per heavy atom. The fourth-order valence-corrected chi connectivity index (χ4v) is 3.25. The van der Waals surface area contributed by atoms with Crippen molar-refractivity contribution in [1.29, 1.82) is 0 Å². The van der Waals surface area contributed by atoms with E-state index in [0.29, 0.717) is 0 Å². The van der Waals surface area contributed by atoms with E-state index in [2.05, 4.69) is 0 Å². The number of esters is 2. The van der Waals surface area contributed by atoms with E-state index in [1.54, 1.807) is 19.9 Å². The van der Waals surface area contributed by atoms with Crippen molar-refractivity contribution in [2.75, 3.05) is 18.9 Å². The van der Waals surface area contributed by atoms with Gasteiger partial charge in [-0.15, -0.1) is 11.3 Å². The largest absolute Gasteiger partial charge is 0.482 e. The number of hydrogen-bond acceptors (Lipinski definition) is 9. The normalized spacial score (nSPS) is 10.3. The van der Waals surface area contributed by atoms with Crippen LogP contribution >= 0.6 is 11.3 Å². The van der Waals surface area contributed by atoms with E-state index < -0.39 is 16.9 Å². The molecule has 10 heteroatoms. The van der Waals surface area contributed by atoms with Gasteiger partial charge in [-0.05, 0) is 19.9 Å². The average Bonchev–Trinajstić information content (AvgIpc) is 2.97. The SMILES string of the molecule is CCOC(=O)c1sc(N)c(C(=O)OCC)c1COc1ccccc1[N+](=O)[O-]. The molecule has 2 aromatic rings. The minimum absolute atomic E-state index is 0.00288. The molecule has 0 fully saturated rings. The Hall–Kier alpha value is -3.14. The van der Waals surface area contributed by atoms with Crippen LogP contribution in [-0.4, -0.2) is 30.1 Å². The fourth-order valence-electron chi connectivity index (χ4n) is 2.29. The van der Waals surface area contributed by atoms with Crippen LogP contribution in [-0.2, 0) is 16.1 Å². The van der Waals surface area contributed by atoms with Gasteiger partial charge in [0.2, 0.25) is 0 Å². The minimum Gasteiger partial charge on any atom is -0.482 e. The van der Waals surface area contributed by atoms with E-state index in [4.69, 9.17) is 19.9 Å². The Bertz CT molecular complexity index is 863. The minimum atomic E-state index is -0.706. The molecule has 0 atom stereocenters. The lowest BCUT2D eigenvalue weighted by Gasteiger charge is -2.10. The molecule has 0 aliphatic carbocycles. The summed E-state index contributed by atoms with van der Waals surface area (Å²) in [5.74, 6) is -1.37. The van der Waals surface area contributed by atoms with Crippen LogP contribution in [0.3, 0.4) is 0 Å². The number of carbonyl (C=O) groups is 2. The highest BCUT2D eigenvalue weighted by Crippen LogP contribution is 2.34. The zero-order valence-corrected chi connectivity index (χ0v) is 15.5. The van der Waals surface area contributed by atoms with Gasteiger partial charge in [0, 0.05) is 11.6 Å². The Morgan fingerprint density at radius 3 is 2.41 bits per heavy atom. The molecule has 0 unspecified atom stereocenters. The molecule has 0 aliphatic heterocycles. The number of nitrogens with two attached hydrogens (primary N) is 1. The number of para-hydroxylation sites is 2. The number of ether oxygens (including phenoxy) is 3. The summed E-state index contributed by atoms with van der Waals surface area (Å²) >= 11 is 0.877. The summed E-state index contributed by atoms with van der Waals surface area (Å²) in [4.78, 5) is 35.1. The van der Waals surface area contributed by atoms with Crippen LogP contribution in [0.2, 0.25) is 0 Å². The van der Waals surface area contributed by atoms with Crippen LogP contribution in [0.25, 0.3) is 0 Å². The summed E-state index contributed by atoms with van der Waals surface area (Å²) in [5, 5.41) is 11.2. The van der Waals surface area contributed by atoms with Crippen LogP contribution in [0.1, 0.15) is 39.4 Å². The van der Waals surface area contributed by atoms with Gasteiger partial charge in [0.15, 0.2) is 5.75 Å². The zero-order valence-electron chi connectivity index (χ0n) is 14.7. The number of nitrogens with zero attached hydrogens (tertiary/aromatic N) is 1. The quantitative estimate of drug-likeness (QED) is 0.410. The molecular weight excluding hydrogens is 376 g/mol. The van der Waals surface area contributed by atoms with E-state index >= 15 is 0 Å². The Labute approximate surface area is 158 Å². The van der Waals surface area contributed by atoms with Crippen LogP contribution in [0.15, 0.2) is 24.3 Å². The highest BCUT2D eigenvalue weighted by molar-refractivity contribution is 7.18. The second-order valence-electron chi connectivity index (χ2n) is 5.10. The van der Waals surface area contributed by atoms with Crippen molar-refractivity contribution in [1.82, 2.24) is 0 Å². The number of thiophene rings is 1. The number of nitro groups is 1. The summed E-state index contributed by atoms with van der Waals surface area (Å²) in [6.07, 6.45) is 0. The van der Waals surface area contributed by atoms with E-state index in [9.17, 15) is 19.7 Å². The van der Waals surface area contributed by atoms with Gasteiger partial charge in [-0.2, -0.15) is 0 Å². The lowest BCUT2D eigenvalue weighted by Crippen LogP contribution is -2.13. The average molecular weight is 394 g/mol. The maximum absolute atomic E-state index is 12.3. The molecule has 1 heterocycles. The summed E-state index contributed by atoms with van der Waals surface area (Å²) in [7, 11) is 0. The van der Waals surface area contributed by atoms with Crippen molar-refractivity contribution in [2.24, 2.45) is 0 Å². The van der Waals surface area contributed by atoms with Gasteiger partial charge in [-0.3, -0.25) is 10.1 Å². The zero-order chi connectivity index (χ0) is 20.0. The molecule has 0 saturated heterocycles. The van der Waals surface area contributed by atoms with Crippen LogP contribution in [0.5, 0.6) is 5.75 Å². The first-order valence-electron chi connectivity index (χ1n) is 8.02. The van der Waals surface area contributed by atoms with Crippen molar-refractivity contribution >= 4 is 34.0 Å². The molecule has 0 aliphatic rings. The Balaban J connectivity index is 2.42. The molecule has 0 saturated carbocycles. The standard InChI is InChI=1S/C17H18N2O7S/c1-3-24-16(20)13-10(14(27-15(13)18)17(21)25-4-2)9-26-12-8-6-5-7-11(12)19(22)23/h5-8H,3-4,9,18H2,1-2H3. The van der Waals surface area contributed by atoms with Gasteiger partial charge in [-0.1, -0.05) is 12.1 Å². The van der Waals surface area contributed by atoms with Crippen LogP contribution < -0.4 is 10.5 Å². The third-order valence-corrected chi connectivity index (χ3v) is 4.45. The van der Waals surface area contributed by atoms with Crippen molar-refractivity contribution in [2.45, 2.75) is 20.5 Å². The number of nitro benzene ring substituents is 1. The Kier molecular flexibility index (Phi) is 6.72. The fraction of sp³-hybridized carbons (Fsp3) is 0.294. The number of anilines is 1. The summed E-state index contributed by atoms with van der Waals surface area (Å²) in [6.45, 7) is 3.24. The smallest absolute Gasteiger partial charge is 0.348 e. The first-order valence-corrected chi connectivity index (χ1v) is 8.83. The number of benzene rings is 1. The maximum atomic E-state index is 12.3. The number of hydrogen-bond donors (Lipinski definition) is 1. The summed E-state index contributed by atoms with van der Waals surface area (Å²) < 4.78 is 15.5. The first kappa shape index (κ1) is 20.2. The number of carbonyl (C=O) groups excluding carboxylic acids is 2. The molecule has 2 N–H and O–H groups in total. The molecule has 27 heavy (non-hydrogen) atoms. The molecule has 0 amide bonds. The van der Waals surface area contributed by atoms with E-state index in [1.165, 1.54) is 18.2 Å². The van der Waals surface area contributed by atoms with Crippen molar-refractivity contribution in [3.63, 3.8) is 0 Å². The molecule has 9 nitrogen and oxygen atoms in total. The van der Waals surface area contributed by atoms with Crippen LogP contribution in [0, 0.1) is 10.1 Å². The summed E-state index contributed by atoms with van der Waals surface area (Å²) in [6, 6.07) is 5.78. The van der Waals surface area contributed by atoms with Crippen LogP contribution in [0.4, 0.5) is 10.7 Å². The van der Waals surface area contributed by atoms with Gasteiger partial charge in [-0.25, -0.2) is 9.59 Å². The molecule has 1 aromatic heterocycles. The lowest BCUT2D eigenvalue weighted by molar-refractivity contribution is -0.385. The van der Waals surface area contributed by atoms with Gasteiger partial charge >= 0.3 is 17.6 Å². The second kappa shape index (κ2) is 8.99. The highest BCUT2D eigenvalue weighted by Gasteiger charge is 2.28. The molecule has 0 radical (unpaired) electrons. The molecule has 2 rings (SSSR count). The van der Waals surface area contributed by atoms with E-state index in [-0.39, 0.29) is 52.3 Å². The topological polar surface area (TPSA) is 131 Å². The van der Waals surface area contributed by atoms with Crippen molar-refractivity contribution < 1.29 is 28.7 Å². The molecule has 144 valence electrons. The van der Waals surface area contributed by atoms with E-state index in [0.717, 1.165) is 11.3 Å². The number of nitrogen functional groups attached to an aromatic ring is 1. The molecule has 0 spiro atoms. The lowest BCUT2D eigenvalue weighted by atomic mass is 10.1. The molecule has 0 bridgehead atoms. The van der Waals surface area contributed by atoms with Gasteiger partial charge in [0.05, 0.1) is 18.1 Å². The third kappa shape index (κ3) is 4.53. The monoisotopic (exact) mass is 394 g/mol. The second-order valence-corrected chi connectivity index (χ2v) is 6.16. The molecular formula is C17H18N2O7S. The third-order valence-electron chi connectivity index (χ3n) is 3.41. The van der Waals surface area contributed by atoms with Crippen molar-refractivity contribution in [3.8, 4) is 5.75 Å². The predicted octanol–water partition coefficient (Wildman–Crippen LogP) is 3.17. The van der Waals surface area contributed by atoms with Gasteiger partial charge in [0.25, 0.3) is 0 Å². The molecule has 1 aromatic carbocycles.